The van der Waals surface area contributed by atoms with Crippen LogP contribution < -0.4 is 5.32 Å². The molecule has 8 nitrogen and oxygen atoms in total. The molecule has 1 unspecified atom stereocenters. The number of pyridine rings is 1. The summed E-state index contributed by atoms with van der Waals surface area (Å²) in [4.78, 5) is 19.5. The van der Waals surface area contributed by atoms with Crippen LogP contribution in [0.1, 0.15) is 30.6 Å². The number of amides is 1. The van der Waals surface area contributed by atoms with Gasteiger partial charge in [0.05, 0.1) is 5.75 Å². The maximum Gasteiger partial charge on any atom is 0.236 e. The van der Waals surface area contributed by atoms with Crippen molar-refractivity contribution in [2.75, 3.05) is 16.8 Å². The number of thioether (sulfide) groups is 2. The quantitative estimate of drug-likeness (QED) is 0.546. The van der Waals surface area contributed by atoms with Gasteiger partial charge in [-0.3, -0.25) is 9.78 Å². The SMILES string of the molecule is Cc1cc(NC(=O)CSc2nnc(-c3cnccc3CC3CCCCS3)[nH]2)no1. The van der Waals surface area contributed by atoms with Crippen LogP contribution in [0, 0.1) is 6.92 Å². The Kier molecular flexibility index (Phi) is 6.50. The fourth-order valence-electron chi connectivity index (χ4n) is 3.20. The highest BCUT2D eigenvalue weighted by Gasteiger charge is 2.18. The highest BCUT2D eigenvalue weighted by atomic mass is 32.2. The average Bonchev–Trinajstić information content (AvgIpc) is 3.37. The third kappa shape index (κ3) is 5.39. The normalized spacial score (nSPS) is 16.7. The van der Waals surface area contributed by atoms with Crippen LogP contribution in [-0.4, -0.2) is 48.0 Å². The van der Waals surface area contributed by atoms with Gasteiger partial charge in [0.25, 0.3) is 0 Å². The van der Waals surface area contributed by atoms with Gasteiger partial charge in [0.2, 0.25) is 5.91 Å². The van der Waals surface area contributed by atoms with E-state index in [9.17, 15) is 4.79 Å². The molecule has 0 radical (unpaired) electrons. The Hall–Kier alpha value is -2.33. The highest BCUT2D eigenvalue weighted by Crippen LogP contribution is 2.31. The second-order valence-corrected chi connectivity index (χ2v) is 9.24. The average molecular weight is 431 g/mol. The largest absolute Gasteiger partial charge is 0.360 e. The van der Waals surface area contributed by atoms with Crippen molar-refractivity contribution in [2.45, 2.75) is 43.0 Å². The van der Waals surface area contributed by atoms with Gasteiger partial charge in [0.1, 0.15) is 5.76 Å². The number of carbonyl (C=O) groups is 1. The van der Waals surface area contributed by atoms with E-state index in [1.165, 1.54) is 42.3 Å². The molecule has 10 heteroatoms. The van der Waals surface area contributed by atoms with Gasteiger partial charge in [-0.1, -0.05) is 23.3 Å². The molecule has 4 heterocycles. The van der Waals surface area contributed by atoms with E-state index in [1.54, 1.807) is 13.0 Å². The highest BCUT2D eigenvalue weighted by molar-refractivity contribution is 8.00. The molecule has 1 aliphatic heterocycles. The lowest BCUT2D eigenvalue weighted by atomic mass is 10.0. The number of aromatic amines is 1. The molecule has 152 valence electrons. The molecule has 3 aromatic heterocycles. The molecule has 2 N–H and O–H groups in total. The number of rotatable bonds is 7. The molecule has 1 amide bonds. The van der Waals surface area contributed by atoms with Crippen molar-refractivity contribution in [3.63, 3.8) is 0 Å². The number of hydrogen-bond donors (Lipinski definition) is 2. The zero-order chi connectivity index (χ0) is 20.1. The number of H-pyrrole nitrogens is 1. The summed E-state index contributed by atoms with van der Waals surface area (Å²) in [5, 5.41) is 16.1. The van der Waals surface area contributed by atoms with Gasteiger partial charge in [0.15, 0.2) is 16.8 Å². The van der Waals surface area contributed by atoms with Crippen LogP contribution in [0.3, 0.4) is 0 Å². The third-order valence-corrected chi connectivity index (χ3v) is 6.85. The lowest BCUT2D eigenvalue weighted by Crippen LogP contribution is -2.14. The molecular weight excluding hydrogens is 408 g/mol. The summed E-state index contributed by atoms with van der Waals surface area (Å²) in [5.41, 5.74) is 2.20. The van der Waals surface area contributed by atoms with Crippen LogP contribution in [0.2, 0.25) is 0 Å². The number of nitrogens with zero attached hydrogens (tertiary/aromatic N) is 4. The number of aryl methyl sites for hydroxylation is 1. The Morgan fingerprint density at radius 2 is 2.34 bits per heavy atom. The molecule has 3 aromatic rings. The van der Waals surface area contributed by atoms with Crippen LogP contribution in [0.5, 0.6) is 0 Å². The van der Waals surface area contributed by atoms with Gasteiger partial charge in [-0.15, -0.1) is 10.2 Å². The third-order valence-electron chi connectivity index (χ3n) is 4.59. The minimum atomic E-state index is -0.183. The predicted octanol–water partition coefficient (Wildman–Crippen LogP) is 3.72. The minimum Gasteiger partial charge on any atom is -0.360 e. The first kappa shape index (κ1) is 20.0. The molecule has 0 aromatic carbocycles. The van der Waals surface area contributed by atoms with Crippen LogP contribution in [0.15, 0.2) is 34.2 Å². The van der Waals surface area contributed by atoms with Crippen LogP contribution in [-0.2, 0) is 11.2 Å². The molecule has 0 saturated carbocycles. The van der Waals surface area contributed by atoms with E-state index in [-0.39, 0.29) is 11.7 Å². The monoisotopic (exact) mass is 430 g/mol. The second kappa shape index (κ2) is 9.45. The van der Waals surface area contributed by atoms with E-state index in [0.717, 1.165) is 12.0 Å². The summed E-state index contributed by atoms with van der Waals surface area (Å²) in [6, 6.07) is 3.73. The summed E-state index contributed by atoms with van der Waals surface area (Å²) < 4.78 is 4.94. The zero-order valence-electron chi connectivity index (χ0n) is 16.1. The first-order valence-electron chi connectivity index (χ1n) is 9.51. The van der Waals surface area contributed by atoms with Gasteiger partial charge in [-0.05, 0) is 43.6 Å². The number of hydrogen-bond acceptors (Lipinski definition) is 8. The van der Waals surface area contributed by atoms with Crippen molar-refractivity contribution in [3.05, 3.63) is 35.9 Å². The summed E-state index contributed by atoms with van der Waals surface area (Å²) in [7, 11) is 0. The van der Waals surface area contributed by atoms with Crippen molar-refractivity contribution in [2.24, 2.45) is 0 Å². The Morgan fingerprint density at radius 1 is 1.41 bits per heavy atom. The lowest BCUT2D eigenvalue weighted by molar-refractivity contribution is -0.113. The fourth-order valence-corrected chi connectivity index (χ4v) is 5.14. The molecule has 0 spiro atoms. The van der Waals surface area contributed by atoms with Crippen molar-refractivity contribution in [1.82, 2.24) is 25.3 Å². The van der Waals surface area contributed by atoms with Crippen LogP contribution in [0.4, 0.5) is 5.82 Å². The smallest absolute Gasteiger partial charge is 0.236 e. The predicted molar refractivity (Wildman–Crippen MR) is 114 cm³/mol. The molecule has 29 heavy (non-hydrogen) atoms. The number of nitrogens with one attached hydrogen (secondary N) is 2. The topological polar surface area (TPSA) is 110 Å². The summed E-state index contributed by atoms with van der Waals surface area (Å²) in [5.74, 6) is 2.99. The van der Waals surface area contributed by atoms with E-state index in [0.29, 0.717) is 27.8 Å². The molecule has 1 atom stereocenters. The zero-order valence-corrected chi connectivity index (χ0v) is 17.7. The van der Waals surface area contributed by atoms with Crippen molar-refractivity contribution < 1.29 is 9.32 Å². The first-order valence-corrected chi connectivity index (χ1v) is 11.5. The van der Waals surface area contributed by atoms with E-state index in [2.05, 4.69) is 48.5 Å². The van der Waals surface area contributed by atoms with E-state index in [4.69, 9.17) is 4.52 Å². The van der Waals surface area contributed by atoms with Gasteiger partial charge in [-0.25, -0.2) is 0 Å². The van der Waals surface area contributed by atoms with Crippen LogP contribution >= 0.6 is 23.5 Å². The number of aromatic nitrogens is 5. The van der Waals surface area contributed by atoms with Gasteiger partial charge < -0.3 is 14.8 Å². The van der Waals surface area contributed by atoms with Crippen molar-refractivity contribution in [1.29, 1.82) is 0 Å². The molecule has 1 fully saturated rings. The first-order chi connectivity index (χ1) is 14.2. The minimum absolute atomic E-state index is 0.183. The molecule has 4 rings (SSSR count). The van der Waals surface area contributed by atoms with Gasteiger partial charge >= 0.3 is 0 Å². The van der Waals surface area contributed by atoms with Gasteiger partial charge in [-0.2, -0.15) is 11.8 Å². The molecule has 1 aliphatic rings. The van der Waals surface area contributed by atoms with Gasteiger partial charge in [0, 0.05) is 29.3 Å². The van der Waals surface area contributed by atoms with E-state index >= 15 is 0 Å². The Labute approximate surface area is 177 Å². The maximum absolute atomic E-state index is 12.1. The number of carbonyl (C=O) groups excluding carboxylic acids is 1. The van der Waals surface area contributed by atoms with E-state index < -0.39 is 0 Å². The van der Waals surface area contributed by atoms with Crippen molar-refractivity contribution in [3.8, 4) is 11.4 Å². The maximum atomic E-state index is 12.1. The second-order valence-electron chi connectivity index (χ2n) is 6.86. The fraction of sp³-hybridized carbons (Fsp3) is 0.421. The molecule has 0 aliphatic carbocycles. The Balaban J connectivity index is 1.38. The Morgan fingerprint density at radius 3 is 3.14 bits per heavy atom. The summed E-state index contributed by atoms with van der Waals surface area (Å²) in [6.45, 7) is 1.77. The summed E-state index contributed by atoms with van der Waals surface area (Å²) in [6.07, 6.45) is 8.54. The van der Waals surface area contributed by atoms with Crippen molar-refractivity contribution >= 4 is 35.2 Å². The molecule has 1 saturated heterocycles. The molecular formula is C19H22N6O2S2. The van der Waals surface area contributed by atoms with Crippen LogP contribution in [0.25, 0.3) is 11.4 Å². The summed E-state index contributed by atoms with van der Waals surface area (Å²) >= 11 is 3.34. The molecule has 0 bridgehead atoms. The Bertz CT molecular complexity index is 967. The lowest BCUT2D eigenvalue weighted by Gasteiger charge is -2.21. The number of anilines is 1. The standard InChI is InChI=1S/C19H22N6O2S2/c1-12-8-16(25-27-12)21-17(26)11-29-19-22-18(23-24-19)15-10-20-6-5-13(15)9-14-4-2-3-7-28-14/h5-6,8,10,14H,2-4,7,9,11H2,1H3,(H,21,25,26)(H,22,23,24). The van der Waals surface area contributed by atoms with E-state index in [1.807, 2.05) is 12.4 Å².